The minimum absolute atomic E-state index is 0.0839. The van der Waals surface area contributed by atoms with E-state index in [1.165, 1.54) is 11.1 Å². The van der Waals surface area contributed by atoms with Crippen molar-refractivity contribution < 1.29 is 9.90 Å². The largest absolute Gasteiger partial charge is 0.508 e. The number of carbonyl (C=O) groups is 1. The van der Waals surface area contributed by atoms with E-state index in [0.29, 0.717) is 30.2 Å². The Morgan fingerprint density at radius 3 is 2.53 bits per heavy atom. The molecular weight excluding hydrogens is 444 g/mol. The first-order valence-corrected chi connectivity index (χ1v) is 13.4. The molecule has 5 atom stereocenters. The summed E-state index contributed by atoms with van der Waals surface area (Å²) in [6.45, 7) is 7.31. The van der Waals surface area contributed by atoms with Crippen LogP contribution in [0.4, 0.5) is 0 Å². The number of rotatable bonds is 6. The molecule has 0 aromatic heterocycles. The lowest BCUT2D eigenvalue weighted by Crippen LogP contribution is -2.58. The number of piperidine rings is 1. The SMILES string of the molecule is C[C@H]1C2Cc3ccc(O)cc3[C@]1(C)CCN2C[C@@H]1C[C@@]1(C(=O)NCc1ccccc1)c1ccccc1. The lowest BCUT2D eigenvalue weighted by atomic mass is 9.59. The second kappa shape index (κ2) is 8.77. The first-order chi connectivity index (χ1) is 17.4. The number of phenolic OH excluding ortho intramolecular Hbond substituents is 1. The fourth-order valence-electron chi connectivity index (χ4n) is 7.19. The summed E-state index contributed by atoms with van der Waals surface area (Å²) in [6, 6.07) is 27.0. The molecule has 2 N–H and O–H groups in total. The number of phenols is 1. The maximum Gasteiger partial charge on any atom is 0.231 e. The summed E-state index contributed by atoms with van der Waals surface area (Å²) in [7, 11) is 0. The smallest absolute Gasteiger partial charge is 0.231 e. The van der Waals surface area contributed by atoms with Crippen molar-refractivity contribution in [2.24, 2.45) is 11.8 Å². The summed E-state index contributed by atoms with van der Waals surface area (Å²) >= 11 is 0. The molecule has 0 radical (unpaired) electrons. The quantitative estimate of drug-likeness (QED) is 0.511. The minimum atomic E-state index is -0.446. The number of hydrogen-bond acceptors (Lipinski definition) is 3. The van der Waals surface area contributed by atoms with Crippen LogP contribution < -0.4 is 5.32 Å². The first kappa shape index (κ1) is 23.3. The third-order valence-electron chi connectivity index (χ3n) is 9.66. The maximum absolute atomic E-state index is 13.7. The van der Waals surface area contributed by atoms with Crippen LogP contribution in [-0.2, 0) is 28.6 Å². The number of amides is 1. The number of likely N-dealkylation sites (tertiary alicyclic amines) is 1. The monoisotopic (exact) mass is 480 g/mol. The van der Waals surface area contributed by atoms with Crippen molar-refractivity contribution >= 4 is 5.91 Å². The average Bonchev–Trinajstić information content (AvgIpc) is 3.63. The van der Waals surface area contributed by atoms with Crippen molar-refractivity contribution in [1.82, 2.24) is 10.2 Å². The molecule has 6 rings (SSSR count). The molecule has 2 aliphatic carbocycles. The first-order valence-electron chi connectivity index (χ1n) is 13.4. The van der Waals surface area contributed by atoms with Gasteiger partial charge in [-0.1, -0.05) is 80.6 Å². The Morgan fingerprint density at radius 1 is 1.06 bits per heavy atom. The van der Waals surface area contributed by atoms with Crippen LogP contribution in [0.5, 0.6) is 5.75 Å². The highest BCUT2D eigenvalue weighted by molar-refractivity contribution is 5.92. The Morgan fingerprint density at radius 2 is 1.78 bits per heavy atom. The number of aromatic hydroxyl groups is 1. The maximum atomic E-state index is 13.7. The molecule has 2 fully saturated rings. The summed E-state index contributed by atoms with van der Waals surface area (Å²) in [6.07, 6.45) is 2.99. The van der Waals surface area contributed by atoms with Gasteiger partial charge in [0.05, 0.1) is 5.41 Å². The number of hydrogen-bond donors (Lipinski definition) is 2. The minimum Gasteiger partial charge on any atom is -0.508 e. The number of benzene rings is 3. The van der Waals surface area contributed by atoms with Gasteiger partial charge in [-0.2, -0.15) is 0 Å². The summed E-state index contributed by atoms with van der Waals surface area (Å²) in [5.74, 6) is 1.34. The number of fused-ring (bicyclic) bond motifs is 4. The van der Waals surface area contributed by atoms with Crippen LogP contribution in [-0.4, -0.2) is 35.0 Å². The van der Waals surface area contributed by atoms with Crippen molar-refractivity contribution in [2.45, 2.75) is 56.5 Å². The second-order valence-corrected chi connectivity index (χ2v) is 11.5. The zero-order chi connectivity index (χ0) is 24.9. The Labute approximate surface area is 214 Å². The Balaban J connectivity index is 1.23. The van der Waals surface area contributed by atoms with Gasteiger partial charge >= 0.3 is 0 Å². The van der Waals surface area contributed by atoms with Crippen molar-refractivity contribution in [2.75, 3.05) is 13.1 Å². The standard InChI is InChI=1S/C32H36N2O2/c1-22-29-17-24-13-14-27(35)18-28(24)31(22,2)15-16-34(29)21-26-19-32(26,25-11-7-4-8-12-25)30(36)33-20-23-9-5-3-6-10-23/h3-14,18,22,26,29,35H,15-17,19-21H2,1-2H3,(H,33,36)/t22-,26-,29?,31+,32+/m0/s1. The summed E-state index contributed by atoms with van der Waals surface area (Å²) < 4.78 is 0. The van der Waals surface area contributed by atoms with E-state index in [1.54, 1.807) is 0 Å². The van der Waals surface area contributed by atoms with Crippen molar-refractivity contribution in [3.8, 4) is 5.75 Å². The van der Waals surface area contributed by atoms with Crippen LogP contribution in [0.1, 0.15) is 48.9 Å². The fourth-order valence-corrected chi connectivity index (χ4v) is 7.19. The lowest BCUT2D eigenvalue weighted by molar-refractivity contribution is -0.124. The molecule has 4 nitrogen and oxygen atoms in total. The highest BCUT2D eigenvalue weighted by atomic mass is 16.3. The van der Waals surface area contributed by atoms with E-state index in [4.69, 9.17) is 0 Å². The van der Waals surface area contributed by atoms with E-state index in [1.807, 2.05) is 36.4 Å². The third kappa shape index (κ3) is 3.74. The number of nitrogens with one attached hydrogen (secondary N) is 1. The van der Waals surface area contributed by atoms with Gasteiger partial charge in [-0.05, 0) is 77.4 Å². The lowest BCUT2D eigenvalue weighted by Gasteiger charge is -2.55. The second-order valence-electron chi connectivity index (χ2n) is 11.5. The van der Waals surface area contributed by atoms with Gasteiger partial charge in [0.2, 0.25) is 5.91 Å². The summed E-state index contributed by atoms with van der Waals surface area (Å²) in [4.78, 5) is 16.4. The fraction of sp³-hybridized carbons (Fsp3) is 0.406. The van der Waals surface area contributed by atoms with E-state index in [-0.39, 0.29) is 11.3 Å². The van der Waals surface area contributed by atoms with Gasteiger partial charge in [0.1, 0.15) is 5.75 Å². The van der Waals surface area contributed by atoms with Gasteiger partial charge in [0.15, 0.2) is 0 Å². The zero-order valence-corrected chi connectivity index (χ0v) is 21.3. The Hall–Kier alpha value is -3.11. The van der Waals surface area contributed by atoms with E-state index in [9.17, 15) is 9.90 Å². The zero-order valence-electron chi connectivity index (χ0n) is 21.3. The highest BCUT2D eigenvalue weighted by Gasteiger charge is 2.62. The summed E-state index contributed by atoms with van der Waals surface area (Å²) in [5, 5.41) is 13.4. The molecule has 1 unspecified atom stereocenters. The van der Waals surface area contributed by atoms with Crippen LogP contribution in [0.15, 0.2) is 78.9 Å². The van der Waals surface area contributed by atoms with Crippen LogP contribution in [0, 0.1) is 11.8 Å². The van der Waals surface area contributed by atoms with Gasteiger partial charge in [-0.15, -0.1) is 0 Å². The topological polar surface area (TPSA) is 52.6 Å². The molecule has 3 aliphatic rings. The van der Waals surface area contributed by atoms with Gasteiger partial charge in [0.25, 0.3) is 0 Å². The molecule has 1 amide bonds. The van der Waals surface area contributed by atoms with Gasteiger partial charge in [-0.3, -0.25) is 9.69 Å². The predicted molar refractivity (Wildman–Crippen MR) is 143 cm³/mol. The Kier molecular flexibility index (Phi) is 5.68. The molecule has 1 aliphatic heterocycles. The molecular formula is C32H36N2O2. The molecule has 3 aromatic carbocycles. The number of carbonyl (C=O) groups excluding carboxylic acids is 1. The molecule has 3 aromatic rings. The van der Waals surface area contributed by atoms with Crippen molar-refractivity contribution in [3.05, 3.63) is 101 Å². The molecule has 36 heavy (non-hydrogen) atoms. The normalized spacial score (nSPS) is 30.9. The third-order valence-corrected chi connectivity index (χ3v) is 9.66. The van der Waals surface area contributed by atoms with E-state index < -0.39 is 5.41 Å². The van der Waals surface area contributed by atoms with Gasteiger partial charge < -0.3 is 10.4 Å². The molecule has 1 saturated carbocycles. The Bertz CT molecular complexity index is 1260. The molecule has 4 heteroatoms. The molecule has 2 bridgehead atoms. The van der Waals surface area contributed by atoms with Gasteiger partial charge in [0, 0.05) is 19.1 Å². The van der Waals surface area contributed by atoms with Crippen molar-refractivity contribution in [3.63, 3.8) is 0 Å². The highest BCUT2D eigenvalue weighted by Crippen LogP contribution is 2.56. The van der Waals surface area contributed by atoms with E-state index >= 15 is 0 Å². The van der Waals surface area contributed by atoms with E-state index in [2.05, 4.69) is 66.5 Å². The summed E-state index contributed by atoms with van der Waals surface area (Å²) in [5.41, 5.74) is 4.60. The van der Waals surface area contributed by atoms with Crippen LogP contribution >= 0.6 is 0 Å². The molecule has 1 saturated heterocycles. The van der Waals surface area contributed by atoms with Crippen LogP contribution in [0.3, 0.4) is 0 Å². The number of nitrogens with zero attached hydrogens (tertiary/aromatic N) is 1. The van der Waals surface area contributed by atoms with E-state index in [0.717, 1.165) is 43.5 Å². The van der Waals surface area contributed by atoms with Gasteiger partial charge in [-0.25, -0.2) is 0 Å². The molecule has 0 spiro atoms. The van der Waals surface area contributed by atoms with Crippen molar-refractivity contribution in [1.29, 1.82) is 0 Å². The molecule has 186 valence electrons. The van der Waals surface area contributed by atoms with Crippen LogP contribution in [0.2, 0.25) is 0 Å². The predicted octanol–water partition coefficient (Wildman–Crippen LogP) is 5.19. The van der Waals surface area contributed by atoms with Crippen LogP contribution in [0.25, 0.3) is 0 Å². The molecule has 1 heterocycles. The average molecular weight is 481 g/mol.